The molecule has 9 heteroatoms. The number of nitrogens with one attached hydrogen (secondary N) is 3. The maximum Gasteiger partial charge on any atom is 0.272 e. The minimum Gasteiger partial charge on any atom is -0.378 e. The Morgan fingerprint density at radius 1 is 0.833 bits per heavy atom. The van der Waals surface area contributed by atoms with Crippen LogP contribution < -0.4 is 20.9 Å². The standard InChI is InChI=1S/C33H31ClN4O3S/c1-22(31(39)36-29-15-8-7-14-28(29)34)42-27-13-9-12-25(21-27)35-33(41)30(37-32(40)24-10-5-4-6-11-24)20-23-16-18-26(19-17-23)38(2)3/h4-22H,1-3H3,(H,35,41)(H,36,39)(H,37,40)/b30-20+. The van der Waals surface area contributed by atoms with Crippen LogP contribution in [-0.4, -0.2) is 37.1 Å². The third-order valence-corrected chi connectivity index (χ3v) is 7.58. The summed E-state index contributed by atoms with van der Waals surface area (Å²) in [5.74, 6) is -1.08. The molecule has 0 aliphatic carbocycles. The molecule has 4 aromatic rings. The summed E-state index contributed by atoms with van der Waals surface area (Å²) in [7, 11) is 3.89. The van der Waals surface area contributed by atoms with E-state index in [-0.39, 0.29) is 11.6 Å². The van der Waals surface area contributed by atoms with Crippen molar-refractivity contribution in [2.45, 2.75) is 17.1 Å². The van der Waals surface area contributed by atoms with Crippen molar-refractivity contribution in [3.8, 4) is 0 Å². The highest BCUT2D eigenvalue weighted by Gasteiger charge is 2.18. The highest BCUT2D eigenvalue weighted by molar-refractivity contribution is 8.00. The van der Waals surface area contributed by atoms with E-state index < -0.39 is 17.1 Å². The van der Waals surface area contributed by atoms with Crippen LogP contribution in [-0.2, 0) is 9.59 Å². The van der Waals surface area contributed by atoms with E-state index in [9.17, 15) is 14.4 Å². The summed E-state index contributed by atoms with van der Waals surface area (Å²) in [5, 5.41) is 8.51. The number of thioether (sulfide) groups is 1. The molecule has 3 amide bonds. The molecular formula is C33H31ClN4O3S. The smallest absolute Gasteiger partial charge is 0.272 e. The van der Waals surface area contributed by atoms with E-state index >= 15 is 0 Å². The van der Waals surface area contributed by atoms with Crippen molar-refractivity contribution >= 4 is 64.2 Å². The van der Waals surface area contributed by atoms with Crippen molar-refractivity contribution < 1.29 is 14.4 Å². The molecule has 1 unspecified atom stereocenters. The van der Waals surface area contributed by atoms with Crippen LogP contribution in [0.15, 0.2) is 114 Å². The largest absolute Gasteiger partial charge is 0.378 e. The van der Waals surface area contributed by atoms with E-state index in [0.717, 1.165) is 16.1 Å². The fourth-order valence-electron chi connectivity index (χ4n) is 3.88. The zero-order valence-electron chi connectivity index (χ0n) is 23.4. The van der Waals surface area contributed by atoms with Gasteiger partial charge in [0, 0.05) is 35.9 Å². The van der Waals surface area contributed by atoms with E-state index in [1.807, 2.05) is 55.4 Å². The Kier molecular flexibility index (Phi) is 10.4. The van der Waals surface area contributed by atoms with Crippen molar-refractivity contribution in [2.24, 2.45) is 0 Å². The van der Waals surface area contributed by atoms with E-state index in [1.165, 1.54) is 11.8 Å². The van der Waals surface area contributed by atoms with Crippen LogP contribution in [0.4, 0.5) is 17.1 Å². The SMILES string of the molecule is CC(Sc1cccc(NC(=O)/C(=C\c2ccc(N(C)C)cc2)NC(=O)c2ccccc2)c1)C(=O)Nc1ccccc1Cl. The van der Waals surface area contributed by atoms with Crippen molar-refractivity contribution in [3.05, 3.63) is 125 Å². The fraction of sp³-hybridized carbons (Fsp3) is 0.121. The van der Waals surface area contributed by atoms with Crippen molar-refractivity contribution in [3.63, 3.8) is 0 Å². The third kappa shape index (κ3) is 8.49. The van der Waals surface area contributed by atoms with Gasteiger partial charge in [0.25, 0.3) is 11.8 Å². The Balaban J connectivity index is 1.50. The molecule has 0 aliphatic heterocycles. The van der Waals surface area contributed by atoms with Crippen molar-refractivity contribution in [1.29, 1.82) is 0 Å². The maximum atomic E-state index is 13.5. The number of amides is 3. The number of carbonyl (C=O) groups is 3. The first-order valence-electron chi connectivity index (χ1n) is 13.2. The molecule has 0 spiro atoms. The molecule has 1 atom stereocenters. The third-order valence-electron chi connectivity index (χ3n) is 6.16. The number of nitrogens with zero attached hydrogens (tertiary/aromatic N) is 1. The second-order valence-electron chi connectivity index (χ2n) is 9.58. The molecule has 4 rings (SSSR count). The highest BCUT2D eigenvalue weighted by atomic mass is 35.5. The van der Waals surface area contributed by atoms with Gasteiger partial charge < -0.3 is 20.9 Å². The van der Waals surface area contributed by atoms with E-state index in [1.54, 1.807) is 79.7 Å². The molecule has 0 bridgehead atoms. The van der Waals surface area contributed by atoms with Gasteiger partial charge in [-0.05, 0) is 73.2 Å². The number of hydrogen-bond acceptors (Lipinski definition) is 5. The van der Waals surface area contributed by atoms with Crippen molar-refractivity contribution in [1.82, 2.24) is 5.32 Å². The maximum absolute atomic E-state index is 13.5. The van der Waals surface area contributed by atoms with Gasteiger partial charge in [-0.3, -0.25) is 14.4 Å². The molecule has 214 valence electrons. The molecule has 4 aromatic carbocycles. The van der Waals surface area contributed by atoms with Gasteiger partial charge in [-0.2, -0.15) is 0 Å². The normalized spacial score (nSPS) is 11.8. The molecular weight excluding hydrogens is 568 g/mol. The highest BCUT2D eigenvalue weighted by Crippen LogP contribution is 2.28. The van der Waals surface area contributed by atoms with Crippen LogP contribution in [0.3, 0.4) is 0 Å². The summed E-state index contributed by atoms with van der Waals surface area (Å²) in [5.41, 5.74) is 3.35. The topological polar surface area (TPSA) is 90.5 Å². The quantitative estimate of drug-likeness (QED) is 0.136. The lowest BCUT2D eigenvalue weighted by molar-refractivity contribution is -0.115. The van der Waals surface area contributed by atoms with Gasteiger partial charge in [-0.25, -0.2) is 0 Å². The van der Waals surface area contributed by atoms with E-state index in [0.29, 0.717) is 22.0 Å². The lowest BCUT2D eigenvalue weighted by Crippen LogP contribution is -2.30. The van der Waals surface area contributed by atoms with Gasteiger partial charge >= 0.3 is 0 Å². The molecule has 0 saturated heterocycles. The number of para-hydroxylation sites is 1. The van der Waals surface area contributed by atoms with Gasteiger partial charge in [0.1, 0.15) is 5.70 Å². The van der Waals surface area contributed by atoms with Gasteiger partial charge in [0.05, 0.1) is 16.0 Å². The Hall–Kier alpha value is -4.53. The summed E-state index contributed by atoms with van der Waals surface area (Å²) in [6, 6.07) is 30.6. The summed E-state index contributed by atoms with van der Waals surface area (Å²) < 4.78 is 0. The number of hydrogen-bond donors (Lipinski definition) is 3. The molecule has 0 aliphatic rings. The van der Waals surface area contributed by atoms with E-state index in [2.05, 4.69) is 16.0 Å². The zero-order chi connectivity index (χ0) is 30.1. The number of halogens is 1. The lowest BCUT2D eigenvalue weighted by Gasteiger charge is -2.15. The van der Waals surface area contributed by atoms with Gasteiger partial charge in [0.2, 0.25) is 5.91 Å². The van der Waals surface area contributed by atoms with Gasteiger partial charge in [-0.15, -0.1) is 11.8 Å². The molecule has 0 heterocycles. The average molecular weight is 599 g/mol. The summed E-state index contributed by atoms with van der Waals surface area (Å²) in [4.78, 5) is 41.9. The van der Waals surface area contributed by atoms with Crippen LogP contribution in [0.2, 0.25) is 5.02 Å². The van der Waals surface area contributed by atoms with Gasteiger partial charge in [-0.1, -0.05) is 60.1 Å². The summed E-state index contributed by atoms with van der Waals surface area (Å²) in [6.07, 6.45) is 1.63. The number of carbonyl (C=O) groups excluding carboxylic acids is 3. The summed E-state index contributed by atoms with van der Waals surface area (Å²) >= 11 is 7.52. The molecule has 3 N–H and O–H groups in total. The van der Waals surface area contributed by atoms with Gasteiger partial charge in [0.15, 0.2) is 0 Å². The Morgan fingerprint density at radius 2 is 1.52 bits per heavy atom. The number of anilines is 3. The fourth-order valence-corrected chi connectivity index (χ4v) is 4.99. The van der Waals surface area contributed by atoms with E-state index in [4.69, 9.17) is 11.6 Å². The molecule has 0 saturated carbocycles. The Labute approximate surface area is 255 Å². The minimum absolute atomic E-state index is 0.0898. The molecule has 7 nitrogen and oxygen atoms in total. The molecule has 42 heavy (non-hydrogen) atoms. The predicted octanol–water partition coefficient (Wildman–Crippen LogP) is 6.93. The van der Waals surface area contributed by atoms with Crippen LogP contribution in [0, 0.1) is 0 Å². The van der Waals surface area contributed by atoms with Crippen LogP contribution in [0.25, 0.3) is 6.08 Å². The second kappa shape index (κ2) is 14.4. The minimum atomic E-state index is -0.484. The Bertz CT molecular complexity index is 1590. The van der Waals surface area contributed by atoms with Crippen molar-refractivity contribution in [2.75, 3.05) is 29.6 Å². The molecule has 0 radical (unpaired) electrons. The monoisotopic (exact) mass is 598 g/mol. The number of benzene rings is 4. The first kappa shape index (κ1) is 30.4. The second-order valence-corrected chi connectivity index (χ2v) is 11.4. The lowest BCUT2D eigenvalue weighted by atomic mass is 10.1. The Morgan fingerprint density at radius 3 is 2.21 bits per heavy atom. The first-order valence-corrected chi connectivity index (χ1v) is 14.4. The average Bonchev–Trinajstić information content (AvgIpc) is 2.98. The molecule has 0 aromatic heterocycles. The predicted molar refractivity (Wildman–Crippen MR) is 173 cm³/mol. The van der Waals surface area contributed by atoms with Crippen LogP contribution in [0.5, 0.6) is 0 Å². The first-order chi connectivity index (χ1) is 20.2. The van der Waals surface area contributed by atoms with Crippen LogP contribution in [0.1, 0.15) is 22.8 Å². The number of rotatable bonds is 10. The molecule has 0 fully saturated rings. The summed E-state index contributed by atoms with van der Waals surface area (Å²) in [6.45, 7) is 1.80. The van der Waals surface area contributed by atoms with Crippen LogP contribution >= 0.6 is 23.4 Å². The zero-order valence-corrected chi connectivity index (χ0v) is 25.0.